The lowest BCUT2D eigenvalue weighted by molar-refractivity contribution is 0.809. The number of nitrogens with zero attached hydrogens (tertiary/aromatic N) is 5. The largest absolute Gasteiger partial charge is 0.373 e. The van der Waals surface area contributed by atoms with Gasteiger partial charge in [0, 0.05) is 20.2 Å². The highest BCUT2D eigenvalue weighted by atomic mass is 15.3. The van der Waals surface area contributed by atoms with Gasteiger partial charge in [-0.2, -0.15) is 0 Å². The van der Waals surface area contributed by atoms with Gasteiger partial charge in [-0.25, -0.2) is 9.97 Å². The first kappa shape index (κ1) is 11.3. The van der Waals surface area contributed by atoms with Crippen LogP contribution in [0.1, 0.15) is 11.6 Å². The molecule has 0 spiro atoms. The van der Waals surface area contributed by atoms with Crippen molar-refractivity contribution in [2.75, 3.05) is 17.7 Å². The van der Waals surface area contributed by atoms with Gasteiger partial charge in [-0.3, -0.25) is 0 Å². The fourth-order valence-electron chi connectivity index (χ4n) is 1.42. The van der Waals surface area contributed by atoms with Crippen LogP contribution in [0.15, 0.2) is 12.4 Å². The molecule has 2 aromatic heterocycles. The fraction of sp³-hybridized carbons (Fsp3) is 0.400. The normalized spacial score (nSPS) is 10.3. The van der Waals surface area contributed by atoms with E-state index in [2.05, 4.69) is 30.8 Å². The number of anilines is 2. The van der Waals surface area contributed by atoms with Crippen LogP contribution in [-0.2, 0) is 13.6 Å². The van der Waals surface area contributed by atoms with Crippen LogP contribution in [-0.4, -0.2) is 31.8 Å². The maximum absolute atomic E-state index is 4.29. The van der Waals surface area contributed by atoms with Crippen molar-refractivity contribution in [3.05, 3.63) is 24.0 Å². The number of hydrogen-bond acceptors (Lipinski definition) is 6. The van der Waals surface area contributed by atoms with Crippen LogP contribution in [0.4, 0.5) is 11.6 Å². The Balaban J connectivity index is 2.09. The van der Waals surface area contributed by atoms with E-state index in [9.17, 15) is 0 Å². The summed E-state index contributed by atoms with van der Waals surface area (Å²) in [4.78, 5) is 8.51. The van der Waals surface area contributed by atoms with Gasteiger partial charge in [-0.1, -0.05) is 0 Å². The van der Waals surface area contributed by atoms with Gasteiger partial charge in [0.1, 0.15) is 23.8 Å². The van der Waals surface area contributed by atoms with E-state index in [-0.39, 0.29) is 0 Å². The van der Waals surface area contributed by atoms with E-state index >= 15 is 0 Å². The van der Waals surface area contributed by atoms with Crippen LogP contribution in [0.2, 0.25) is 0 Å². The third kappa shape index (κ3) is 2.68. The molecule has 0 aliphatic rings. The van der Waals surface area contributed by atoms with Gasteiger partial charge < -0.3 is 15.2 Å². The van der Waals surface area contributed by atoms with Crippen LogP contribution in [0.5, 0.6) is 0 Å². The first-order chi connectivity index (χ1) is 8.19. The number of hydrogen-bond donors (Lipinski definition) is 2. The van der Waals surface area contributed by atoms with Gasteiger partial charge >= 0.3 is 0 Å². The summed E-state index contributed by atoms with van der Waals surface area (Å²) in [5, 5.41) is 14.0. The first-order valence-electron chi connectivity index (χ1n) is 5.29. The number of rotatable bonds is 4. The summed E-state index contributed by atoms with van der Waals surface area (Å²) in [5.74, 6) is 3.13. The Labute approximate surface area is 99.3 Å². The van der Waals surface area contributed by atoms with E-state index in [1.165, 1.54) is 0 Å². The second-order valence-electron chi connectivity index (χ2n) is 3.65. The minimum absolute atomic E-state index is 0.579. The number of aromatic nitrogens is 5. The zero-order valence-corrected chi connectivity index (χ0v) is 10.1. The zero-order valence-electron chi connectivity index (χ0n) is 10.1. The summed E-state index contributed by atoms with van der Waals surface area (Å²) in [7, 11) is 3.73. The van der Waals surface area contributed by atoms with Gasteiger partial charge in [0.2, 0.25) is 0 Å². The molecule has 0 radical (unpaired) electrons. The molecule has 2 heterocycles. The van der Waals surface area contributed by atoms with Crippen LogP contribution in [0, 0.1) is 6.92 Å². The maximum Gasteiger partial charge on any atom is 0.151 e. The van der Waals surface area contributed by atoms with Crippen molar-refractivity contribution in [3.63, 3.8) is 0 Å². The number of nitrogens with one attached hydrogen (secondary N) is 2. The van der Waals surface area contributed by atoms with Crippen molar-refractivity contribution in [2.24, 2.45) is 7.05 Å². The molecule has 0 aliphatic carbocycles. The molecule has 2 aromatic rings. The predicted octanol–water partition coefficient (Wildman–Crippen LogP) is 0.567. The Morgan fingerprint density at radius 1 is 1.29 bits per heavy atom. The summed E-state index contributed by atoms with van der Waals surface area (Å²) in [6, 6.07) is 1.85. The van der Waals surface area contributed by atoms with Crippen molar-refractivity contribution in [1.82, 2.24) is 24.7 Å². The molecule has 0 aromatic carbocycles. The lowest BCUT2D eigenvalue weighted by atomic mass is 10.4. The van der Waals surface area contributed by atoms with Gasteiger partial charge in [-0.05, 0) is 6.92 Å². The van der Waals surface area contributed by atoms with Gasteiger partial charge in [0.05, 0.1) is 6.54 Å². The van der Waals surface area contributed by atoms with Crippen LogP contribution in [0.25, 0.3) is 0 Å². The molecule has 0 fully saturated rings. The molecule has 7 heteroatoms. The Kier molecular flexibility index (Phi) is 3.17. The molecular weight excluding hydrogens is 218 g/mol. The quantitative estimate of drug-likeness (QED) is 0.803. The Morgan fingerprint density at radius 2 is 2.06 bits per heavy atom. The average Bonchev–Trinajstić information content (AvgIpc) is 2.71. The molecule has 0 saturated heterocycles. The summed E-state index contributed by atoms with van der Waals surface area (Å²) in [5.41, 5.74) is 0. The van der Waals surface area contributed by atoms with Gasteiger partial charge in [0.15, 0.2) is 5.82 Å². The SMILES string of the molecule is CNc1cc(NCc2nncn2C)nc(C)n1. The lowest BCUT2D eigenvalue weighted by Crippen LogP contribution is -2.08. The first-order valence-corrected chi connectivity index (χ1v) is 5.29. The fourth-order valence-corrected chi connectivity index (χ4v) is 1.42. The molecule has 0 saturated carbocycles. The van der Waals surface area contributed by atoms with Gasteiger partial charge in [-0.15, -0.1) is 10.2 Å². The molecule has 0 amide bonds. The summed E-state index contributed by atoms with van der Waals surface area (Å²) >= 11 is 0. The van der Waals surface area contributed by atoms with E-state index in [4.69, 9.17) is 0 Å². The van der Waals surface area contributed by atoms with Crippen molar-refractivity contribution < 1.29 is 0 Å². The topological polar surface area (TPSA) is 80.5 Å². The van der Waals surface area contributed by atoms with Crippen LogP contribution in [0.3, 0.4) is 0 Å². The van der Waals surface area contributed by atoms with Crippen molar-refractivity contribution >= 4 is 11.6 Å². The maximum atomic E-state index is 4.29. The minimum atomic E-state index is 0.579. The molecule has 0 bridgehead atoms. The average molecular weight is 233 g/mol. The zero-order chi connectivity index (χ0) is 12.3. The molecule has 7 nitrogen and oxygen atoms in total. The highest BCUT2D eigenvalue weighted by Crippen LogP contribution is 2.10. The van der Waals surface area contributed by atoms with E-state index in [1.807, 2.05) is 31.7 Å². The smallest absolute Gasteiger partial charge is 0.151 e. The van der Waals surface area contributed by atoms with Crippen molar-refractivity contribution in [3.8, 4) is 0 Å². The molecular formula is C10H15N7. The van der Waals surface area contributed by atoms with Crippen molar-refractivity contribution in [1.29, 1.82) is 0 Å². The van der Waals surface area contributed by atoms with E-state index in [1.54, 1.807) is 6.33 Å². The third-order valence-electron chi connectivity index (χ3n) is 2.33. The highest BCUT2D eigenvalue weighted by molar-refractivity contribution is 5.47. The minimum Gasteiger partial charge on any atom is -0.373 e. The highest BCUT2D eigenvalue weighted by Gasteiger charge is 2.03. The molecule has 2 rings (SSSR count). The Bertz CT molecular complexity index is 505. The molecule has 0 atom stereocenters. The van der Waals surface area contributed by atoms with Crippen molar-refractivity contribution in [2.45, 2.75) is 13.5 Å². The second kappa shape index (κ2) is 4.77. The van der Waals surface area contributed by atoms with E-state index in [0.717, 1.165) is 23.3 Å². The Morgan fingerprint density at radius 3 is 2.71 bits per heavy atom. The molecule has 2 N–H and O–H groups in total. The summed E-state index contributed by atoms with van der Waals surface area (Å²) < 4.78 is 1.86. The standard InChI is InChI=1S/C10H15N7/c1-7-14-8(11-2)4-9(15-7)12-5-10-16-13-6-17(10)3/h4,6H,5H2,1-3H3,(H2,11,12,14,15). The van der Waals surface area contributed by atoms with Gasteiger partial charge in [0.25, 0.3) is 0 Å². The van der Waals surface area contributed by atoms with Crippen LogP contribution >= 0.6 is 0 Å². The number of aryl methyl sites for hydroxylation is 2. The lowest BCUT2D eigenvalue weighted by Gasteiger charge is -2.07. The van der Waals surface area contributed by atoms with E-state index in [0.29, 0.717) is 6.54 Å². The third-order valence-corrected chi connectivity index (χ3v) is 2.33. The molecule has 0 unspecified atom stereocenters. The Hall–Kier alpha value is -2.18. The predicted molar refractivity (Wildman–Crippen MR) is 64.6 cm³/mol. The second-order valence-corrected chi connectivity index (χ2v) is 3.65. The molecule has 17 heavy (non-hydrogen) atoms. The van der Waals surface area contributed by atoms with E-state index < -0.39 is 0 Å². The molecule has 90 valence electrons. The summed E-state index contributed by atoms with van der Waals surface area (Å²) in [6.07, 6.45) is 1.67. The monoisotopic (exact) mass is 233 g/mol. The molecule has 0 aliphatic heterocycles. The van der Waals surface area contributed by atoms with Crippen LogP contribution < -0.4 is 10.6 Å². The summed E-state index contributed by atoms with van der Waals surface area (Å²) in [6.45, 7) is 2.43.